The Morgan fingerprint density at radius 3 is 2.68 bits per heavy atom. The van der Waals surface area contributed by atoms with Crippen molar-refractivity contribution in [1.29, 1.82) is 0 Å². The van der Waals surface area contributed by atoms with Crippen LogP contribution in [0.3, 0.4) is 0 Å². The van der Waals surface area contributed by atoms with Gasteiger partial charge in [-0.25, -0.2) is 8.42 Å². The Kier molecular flexibility index (Phi) is 9.46. The van der Waals surface area contributed by atoms with Crippen molar-refractivity contribution in [1.82, 2.24) is 5.32 Å². The predicted molar refractivity (Wildman–Crippen MR) is 144 cm³/mol. The minimum atomic E-state index is -3.34. The predicted octanol–water partition coefficient (Wildman–Crippen LogP) is 6.12. The molecule has 0 aliphatic heterocycles. The summed E-state index contributed by atoms with van der Waals surface area (Å²) in [5, 5.41) is 14.1. The highest BCUT2D eigenvalue weighted by Crippen LogP contribution is 2.36. The number of aliphatic carboxylic acids is 1. The lowest BCUT2D eigenvalue weighted by molar-refractivity contribution is -0.136. The van der Waals surface area contributed by atoms with Crippen molar-refractivity contribution >= 4 is 60.6 Å². The Hall–Kier alpha value is -1.58. The zero-order valence-corrected chi connectivity index (χ0v) is 22.8. The molecule has 0 radical (unpaired) electrons. The molecule has 0 spiro atoms. The van der Waals surface area contributed by atoms with Crippen molar-refractivity contribution in [3.05, 3.63) is 58.1 Å². The average molecular weight is 540 g/mol. The van der Waals surface area contributed by atoms with Crippen LogP contribution < -0.4 is 5.32 Å². The van der Waals surface area contributed by atoms with E-state index in [1.807, 2.05) is 38.1 Å². The normalized spacial score (nSPS) is 12.8. The highest BCUT2D eigenvalue weighted by atomic mass is 35.5. The highest BCUT2D eigenvalue weighted by Gasteiger charge is 2.21. The maximum atomic E-state index is 12.9. The average Bonchev–Trinajstić information content (AvgIpc) is 3.09. The molecule has 0 saturated heterocycles. The zero-order chi connectivity index (χ0) is 24.9. The summed E-state index contributed by atoms with van der Waals surface area (Å²) in [6.45, 7) is 7.39. The summed E-state index contributed by atoms with van der Waals surface area (Å²) in [6, 6.07) is 11.6. The number of carbonyl (C=O) groups is 1. The van der Waals surface area contributed by atoms with Gasteiger partial charge in [0.15, 0.2) is 9.84 Å². The van der Waals surface area contributed by atoms with E-state index in [0.29, 0.717) is 33.9 Å². The molecule has 9 heteroatoms. The standard InChI is InChI=1S/C25H30ClNO4S3/c1-16-13-21(8-5-19(16)6-10-24(28)29)32-17(2)15-27-11-4-12-34(30,31)25-18(3)22-14-20(26)7-9-23(22)33-25/h5,7-9,13-14,17,27H,4,6,10-12,15H2,1-3H3,(H,28,29). The summed E-state index contributed by atoms with van der Waals surface area (Å²) in [5.41, 5.74) is 2.95. The van der Waals surface area contributed by atoms with Crippen molar-refractivity contribution in [3.63, 3.8) is 0 Å². The molecule has 0 amide bonds. The van der Waals surface area contributed by atoms with Gasteiger partial charge >= 0.3 is 5.97 Å². The smallest absolute Gasteiger partial charge is 0.303 e. The van der Waals surface area contributed by atoms with Gasteiger partial charge in [-0.05, 0) is 85.6 Å². The number of sulfone groups is 1. The third-order valence-corrected chi connectivity index (χ3v) is 10.7. The number of carboxylic acid groups (broad SMARTS) is 1. The van der Waals surface area contributed by atoms with Crippen molar-refractivity contribution in [2.45, 2.75) is 54.4 Å². The van der Waals surface area contributed by atoms with Crippen LogP contribution in [0.15, 0.2) is 45.5 Å². The van der Waals surface area contributed by atoms with Crippen molar-refractivity contribution in [2.24, 2.45) is 0 Å². The molecule has 1 atom stereocenters. The number of carboxylic acids is 1. The van der Waals surface area contributed by atoms with E-state index < -0.39 is 15.8 Å². The number of nitrogens with one attached hydrogen (secondary N) is 1. The molecule has 1 heterocycles. The van der Waals surface area contributed by atoms with Gasteiger partial charge in [0.2, 0.25) is 0 Å². The lowest BCUT2D eigenvalue weighted by atomic mass is 10.0. The molecule has 0 aliphatic rings. The number of rotatable bonds is 12. The molecule has 1 aromatic heterocycles. The summed E-state index contributed by atoms with van der Waals surface area (Å²) in [4.78, 5) is 11.9. The van der Waals surface area contributed by atoms with Crippen LogP contribution in [0.25, 0.3) is 10.1 Å². The first-order valence-corrected chi connectivity index (χ1v) is 14.9. The summed E-state index contributed by atoms with van der Waals surface area (Å²) in [5.74, 6) is -0.672. The highest BCUT2D eigenvalue weighted by molar-refractivity contribution is 8.00. The number of halogens is 1. The maximum Gasteiger partial charge on any atom is 0.303 e. The van der Waals surface area contributed by atoms with Gasteiger partial charge < -0.3 is 10.4 Å². The number of thioether (sulfide) groups is 1. The molecule has 3 rings (SSSR count). The van der Waals surface area contributed by atoms with E-state index in [0.717, 1.165) is 38.2 Å². The van der Waals surface area contributed by atoms with E-state index in [-0.39, 0.29) is 12.2 Å². The Balaban J connectivity index is 1.45. The van der Waals surface area contributed by atoms with E-state index in [1.54, 1.807) is 17.8 Å². The quantitative estimate of drug-likeness (QED) is 0.213. The molecule has 2 N–H and O–H groups in total. The molecule has 184 valence electrons. The zero-order valence-electron chi connectivity index (χ0n) is 19.6. The van der Waals surface area contributed by atoms with E-state index >= 15 is 0 Å². The minimum Gasteiger partial charge on any atom is -0.481 e. The molecule has 34 heavy (non-hydrogen) atoms. The first-order valence-electron chi connectivity index (χ1n) is 11.2. The van der Waals surface area contributed by atoms with Crippen molar-refractivity contribution < 1.29 is 18.3 Å². The number of thiophene rings is 1. The number of aryl methyl sites for hydroxylation is 3. The summed E-state index contributed by atoms with van der Waals surface area (Å²) in [6.07, 6.45) is 1.23. The minimum absolute atomic E-state index is 0.111. The molecule has 0 fully saturated rings. The van der Waals surface area contributed by atoms with Crippen molar-refractivity contribution in [2.75, 3.05) is 18.8 Å². The molecule has 5 nitrogen and oxygen atoms in total. The van der Waals surface area contributed by atoms with Gasteiger partial charge in [0.1, 0.15) is 4.21 Å². The van der Waals surface area contributed by atoms with E-state index in [1.165, 1.54) is 11.3 Å². The van der Waals surface area contributed by atoms with Crippen LogP contribution in [-0.4, -0.2) is 43.6 Å². The van der Waals surface area contributed by atoms with Crippen LogP contribution in [0.5, 0.6) is 0 Å². The van der Waals surface area contributed by atoms with Gasteiger partial charge in [-0.1, -0.05) is 24.6 Å². The molecule has 2 aromatic carbocycles. The first-order chi connectivity index (χ1) is 16.1. The maximum absolute atomic E-state index is 12.9. The van der Waals surface area contributed by atoms with E-state index in [4.69, 9.17) is 16.7 Å². The Morgan fingerprint density at radius 2 is 1.97 bits per heavy atom. The van der Waals surface area contributed by atoms with Crippen molar-refractivity contribution in [3.8, 4) is 0 Å². The Labute approximate surface area is 214 Å². The Morgan fingerprint density at radius 1 is 1.21 bits per heavy atom. The van der Waals surface area contributed by atoms with Gasteiger partial charge in [0.05, 0.1) is 5.75 Å². The molecule has 0 aliphatic carbocycles. The molecular formula is C25H30ClNO4S3. The van der Waals surface area contributed by atoms with Gasteiger partial charge in [-0.3, -0.25) is 4.79 Å². The second-order valence-corrected chi connectivity index (χ2v) is 13.7. The SMILES string of the molecule is Cc1cc(SC(C)CNCCCS(=O)(=O)c2sc3ccc(Cl)cc3c2C)ccc1CCC(=O)O. The van der Waals surface area contributed by atoms with Gasteiger partial charge in [0.25, 0.3) is 0 Å². The van der Waals surface area contributed by atoms with Crippen LogP contribution in [0.1, 0.15) is 36.5 Å². The molecule has 3 aromatic rings. The topological polar surface area (TPSA) is 83.5 Å². The second kappa shape index (κ2) is 11.9. The van der Waals surface area contributed by atoms with Crippen LogP contribution in [-0.2, 0) is 21.1 Å². The third-order valence-electron chi connectivity index (χ3n) is 5.59. The number of fused-ring (bicyclic) bond motifs is 1. The fraction of sp³-hybridized carbons (Fsp3) is 0.400. The summed E-state index contributed by atoms with van der Waals surface area (Å²) in [7, 11) is -3.34. The second-order valence-electron chi connectivity index (χ2n) is 8.44. The number of benzene rings is 2. The first kappa shape index (κ1) is 27.0. The van der Waals surface area contributed by atoms with E-state index in [9.17, 15) is 13.2 Å². The van der Waals surface area contributed by atoms with Gasteiger partial charge in [-0.15, -0.1) is 23.1 Å². The monoisotopic (exact) mass is 539 g/mol. The van der Waals surface area contributed by atoms with Gasteiger partial charge in [0, 0.05) is 32.8 Å². The van der Waals surface area contributed by atoms with Crippen LogP contribution in [0.4, 0.5) is 0 Å². The third kappa shape index (κ3) is 7.21. The molecular weight excluding hydrogens is 510 g/mol. The lowest BCUT2D eigenvalue weighted by Crippen LogP contribution is -2.25. The van der Waals surface area contributed by atoms with E-state index in [2.05, 4.69) is 18.3 Å². The summed E-state index contributed by atoms with van der Waals surface area (Å²) >= 11 is 9.14. The van der Waals surface area contributed by atoms with Crippen LogP contribution in [0.2, 0.25) is 5.02 Å². The summed E-state index contributed by atoms with van der Waals surface area (Å²) < 4.78 is 27.2. The fourth-order valence-electron chi connectivity index (χ4n) is 3.79. The lowest BCUT2D eigenvalue weighted by Gasteiger charge is -2.14. The molecule has 1 unspecified atom stereocenters. The Bertz CT molecular complexity index is 1270. The molecule has 0 saturated carbocycles. The van der Waals surface area contributed by atoms with Gasteiger partial charge in [-0.2, -0.15) is 0 Å². The van der Waals surface area contributed by atoms with Crippen LogP contribution >= 0.6 is 34.7 Å². The fourth-order valence-corrected chi connectivity index (χ4v) is 8.25. The van der Waals surface area contributed by atoms with Crippen LogP contribution in [0, 0.1) is 13.8 Å². The number of hydrogen-bond donors (Lipinski definition) is 2. The largest absolute Gasteiger partial charge is 0.481 e. The number of hydrogen-bond acceptors (Lipinski definition) is 6. The molecule has 0 bridgehead atoms.